The number of fused-ring (bicyclic) bond motifs is 10. The summed E-state index contributed by atoms with van der Waals surface area (Å²) in [6, 6.07) is 67.8. The Balaban J connectivity index is 1.30. The fraction of sp³-hybridized carbons (Fsp3) is 0. The highest BCUT2D eigenvalue weighted by Gasteiger charge is 2.22. The van der Waals surface area contributed by atoms with Gasteiger partial charge in [0.2, 0.25) is 0 Å². The monoisotopic (exact) mass is 661 g/mol. The Morgan fingerprint density at radius 1 is 0.346 bits per heavy atom. The zero-order valence-electron chi connectivity index (χ0n) is 28.2. The van der Waals surface area contributed by atoms with Crippen LogP contribution in [-0.2, 0) is 0 Å². The lowest BCUT2D eigenvalue weighted by Crippen LogP contribution is -1.99. The van der Waals surface area contributed by atoms with Gasteiger partial charge in [-0.2, -0.15) is 0 Å². The lowest BCUT2D eigenvalue weighted by Gasteiger charge is -2.15. The highest BCUT2D eigenvalue weighted by molar-refractivity contribution is 6.27. The van der Waals surface area contributed by atoms with E-state index in [9.17, 15) is 0 Å². The highest BCUT2D eigenvalue weighted by atomic mass is 15.0. The minimum absolute atomic E-state index is 0.945. The molecule has 3 nitrogen and oxygen atoms in total. The summed E-state index contributed by atoms with van der Waals surface area (Å²) in [5.74, 6) is 0. The molecular weight excluding hydrogens is 631 g/mol. The van der Waals surface area contributed by atoms with E-state index in [1.165, 1.54) is 70.8 Å². The summed E-state index contributed by atoms with van der Waals surface area (Å²) < 4.78 is 4.96. The molecule has 11 aromatic rings. The molecule has 0 fully saturated rings. The summed E-state index contributed by atoms with van der Waals surface area (Å²) >= 11 is 0. The molecule has 11 rings (SSSR count). The van der Waals surface area contributed by atoms with Crippen LogP contribution >= 0.6 is 0 Å². The number of para-hydroxylation sites is 2. The topological polar surface area (TPSA) is 22.8 Å². The van der Waals surface area contributed by atoms with Crippen molar-refractivity contribution < 1.29 is 0 Å². The van der Waals surface area contributed by atoms with Gasteiger partial charge in [0.1, 0.15) is 0 Å². The maximum atomic E-state index is 5.24. The van der Waals surface area contributed by atoms with Crippen LogP contribution in [0.3, 0.4) is 0 Å². The van der Waals surface area contributed by atoms with Gasteiger partial charge < -0.3 is 9.13 Å². The molecular formula is C49H31N3. The Labute approximate surface area is 300 Å². The molecule has 0 N–H and O–H groups in total. The van der Waals surface area contributed by atoms with Crippen LogP contribution in [0.1, 0.15) is 0 Å². The Morgan fingerprint density at radius 3 is 1.58 bits per heavy atom. The van der Waals surface area contributed by atoms with Gasteiger partial charge in [0, 0.05) is 38.1 Å². The minimum atomic E-state index is 0.945. The van der Waals surface area contributed by atoms with Crippen LogP contribution in [0.4, 0.5) is 0 Å². The smallest absolute Gasteiger partial charge is 0.0730 e. The van der Waals surface area contributed by atoms with Gasteiger partial charge in [0.15, 0.2) is 0 Å². The molecule has 0 spiro atoms. The van der Waals surface area contributed by atoms with Crippen LogP contribution in [0.25, 0.3) is 99.0 Å². The van der Waals surface area contributed by atoms with Crippen molar-refractivity contribution in [3.05, 3.63) is 188 Å². The molecule has 0 aliphatic rings. The maximum Gasteiger partial charge on any atom is 0.0730 e. The zero-order chi connectivity index (χ0) is 34.2. The summed E-state index contributed by atoms with van der Waals surface area (Å²) in [7, 11) is 0. The third kappa shape index (κ3) is 4.23. The SMILES string of the molecule is c1ccc(-c2cc(-n3c4ccccc4c4ccc5c(c6ccccc6n5-c5cc6ccccc6c6ccccc56)c43)cc(-c3ccccc3)n2)cc1. The molecule has 0 amide bonds. The van der Waals surface area contributed by atoms with Gasteiger partial charge in [0.25, 0.3) is 0 Å². The van der Waals surface area contributed by atoms with Crippen molar-refractivity contribution in [3.8, 4) is 33.9 Å². The van der Waals surface area contributed by atoms with Crippen molar-refractivity contribution in [2.45, 2.75) is 0 Å². The van der Waals surface area contributed by atoms with E-state index in [2.05, 4.69) is 197 Å². The first-order chi connectivity index (χ1) is 25.8. The number of hydrogen-bond donors (Lipinski definition) is 0. The Hall–Kier alpha value is -6.97. The molecule has 0 radical (unpaired) electrons. The zero-order valence-corrected chi connectivity index (χ0v) is 28.2. The molecule has 0 saturated heterocycles. The van der Waals surface area contributed by atoms with Gasteiger partial charge >= 0.3 is 0 Å². The van der Waals surface area contributed by atoms with Gasteiger partial charge in [-0.25, -0.2) is 4.98 Å². The van der Waals surface area contributed by atoms with Gasteiger partial charge in [-0.3, -0.25) is 0 Å². The normalized spacial score (nSPS) is 11.8. The summed E-state index contributed by atoms with van der Waals surface area (Å²) in [5.41, 5.74) is 11.1. The molecule has 0 aliphatic heterocycles. The first-order valence-corrected chi connectivity index (χ1v) is 17.8. The second-order valence-electron chi connectivity index (χ2n) is 13.6. The fourth-order valence-electron chi connectivity index (χ4n) is 8.41. The molecule has 0 bridgehead atoms. The van der Waals surface area contributed by atoms with Crippen LogP contribution < -0.4 is 0 Å². The van der Waals surface area contributed by atoms with Crippen LogP contribution in [0, 0.1) is 0 Å². The van der Waals surface area contributed by atoms with Gasteiger partial charge in [-0.1, -0.05) is 152 Å². The molecule has 52 heavy (non-hydrogen) atoms. The number of hydrogen-bond acceptors (Lipinski definition) is 1. The second kappa shape index (κ2) is 11.3. The first-order valence-electron chi connectivity index (χ1n) is 17.8. The molecule has 242 valence electrons. The average molecular weight is 662 g/mol. The van der Waals surface area contributed by atoms with Gasteiger partial charge in [-0.05, 0) is 52.6 Å². The highest BCUT2D eigenvalue weighted by Crippen LogP contribution is 2.44. The van der Waals surface area contributed by atoms with Gasteiger partial charge in [-0.15, -0.1) is 0 Å². The third-order valence-electron chi connectivity index (χ3n) is 10.7. The van der Waals surface area contributed by atoms with E-state index >= 15 is 0 Å². The van der Waals surface area contributed by atoms with E-state index in [-0.39, 0.29) is 0 Å². The predicted octanol–water partition coefficient (Wildman–Crippen LogP) is 12.9. The molecule has 0 atom stereocenters. The van der Waals surface area contributed by atoms with E-state index in [0.717, 1.165) is 28.2 Å². The van der Waals surface area contributed by atoms with E-state index < -0.39 is 0 Å². The summed E-state index contributed by atoms with van der Waals surface area (Å²) in [4.78, 5) is 5.24. The largest absolute Gasteiger partial charge is 0.309 e. The Kier molecular flexibility index (Phi) is 6.25. The van der Waals surface area contributed by atoms with Crippen LogP contribution in [0.15, 0.2) is 188 Å². The quantitative estimate of drug-likeness (QED) is 0.172. The second-order valence-corrected chi connectivity index (χ2v) is 13.6. The lowest BCUT2D eigenvalue weighted by molar-refractivity contribution is 1.16. The number of nitrogens with zero attached hydrogens (tertiary/aromatic N) is 3. The Morgan fingerprint density at radius 2 is 0.885 bits per heavy atom. The molecule has 0 aliphatic carbocycles. The summed E-state index contributed by atoms with van der Waals surface area (Å²) in [6.07, 6.45) is 0. The molecule has 3 aromatic heterocycles. The van der Waals surface area contributed by atoms with Crippen LogP contribution in [-0.4, -0.2) is 14.1 Å². The summed E-state index contributed by atoms with van der Waals surface area (Å²) in [6.45, 7) is 0. The Bertz CT molecular complexity index is 3110. The third-order valence-corrected chi connectivity index (χ3v) is 10.7. The van der Waals surface area contributed by atoms with E-state index in [1.54, 1.807) is 0 Å². The van der Waals surface area contributed by atoms with E-state index in [1.807, 2.05) is 0 Å². The number of aromatic nitrogens is 3. The van der Waals surface area contributed by atoms with Crippen molar-refractivity contribution in [1.29, 1.82) is 0 Å². The van der Waals surface area contributed by atoms with Crippen molar-refractivity contribution >= 4 is 65.2 Å². The fourth-order valence-corrected chi connectivity index (χ4v) is 8.41. The molecule has 8 aromatic carbocycles. The van der Waals surface area contributed by atoms with E-state index in [0.29, 0.717) is 0 Å². The van der Waals surface area contributed by atoms with Crippen molar-refractivity contribution in [1.82, 2.24) is 14.1 Å². The number of rotatable bonds is 4. The molecule has 0 unspecified atom stereocenters. The standard InChI is InChI=1S/C49H31N3/c1-3-15-32(16-4-1)42-30-35(31-43(50-42)33-17-5-2-6-18-33)51-44-25-13-11-23-39(44)40-27-28-46-48(49(40)51)41-24-12-14-26-45(41)52(46)47-29-34-19-7-8-20-36(34)37-21-9-10-22-38(37)47/h1-31H. The molecule has 3 heteroatoms. The predicted molar refractivity (Wildman–Crippen MR) is 219 cm³/mol. The number of pyridine rings is 1. The van der Waals surface area contributed by atoms with Crippen LogP contribution in [0.5, 0.6) is 0 Å². The van der Waals surface area contributed by atoms with Crippen molar-refractivity contribution in [3.63, 3.8) is 0 Å². The average Bonchev–Trinajstić information content (AvgIpc) is 3.74. The molecule has 3 heterocycles. The van der Waals surface area contributed by atoms with Crippen molar-refractivity contribution in [2.75, 3.05) is 0 Å². The summed E-state index contributed by atoms with van der Waals surface area (Å²) in [5, 5.41) is 9.92. The minimum Gasteiger partial charge on any atom is -0.309 e. The van der Waals surface area contributed by atoms with E-state index in [4.69, 9.17) is 4.98 Å². The number of benzene rings is 8. The van der Waals surface area contributed by atoms with Crippen LogP contribution in [0.2, 0.25) is 0 Å². The first kappa shape index (κ1) is 28.8. The van der Waals surface area contributed by atoms with Gasteiger partial charge in [0.05, 0.1) is 44.8 Å². The molecule has 0 saturated carbocycles. The maximum absolute atomic E-state index is 5.24. The van der Waals surface area contributed by atoms with Crippen molar-refractivity contribution in [2.24, 2.45) is 0 Å². The lowest BCUT2D eigenvalue weighted by atomic mass is 10.00.